The quantitative estimate of drug-likeness (QED) is 0.886. The van der Waals surface area contributed by atoms with Gasteiger partial charge in [0.05, 0.1) is 0 Å². The molecule has 0 amide bonds. The minimum absolute atomic E-state index is 0.411. The topological polar surface area (TPSA) is 29.9 Å². The summed E-state index contributed by atoms with van der Waals surface area (Å²) in [6, 6.07) is 8.93. The Morgan fingerprint density at radius 2 is 2.00 bits per heavy atom. The molecule has 4 heteroatoms. The third-order valence-electron chi connectivity index (χ3n) is 3.37. The normalized spacial score (nSPS) is 12.6. The van der Waals surface area contributed by atoms with Crippen molar-refractivity contribution in [2.24, 2.45) is 0 Å². The highest BCUT2D eigenvalue weighted by molar-refractivity contribution is 9.10. The number of nitrogens with zero attached hydrogens (tertiary/aromatic N) is 2. The van der Waals surface area contributed by atoms with Gasteiger partial charge in [0, 0.05) is 35.9 Å². The van der Waals surface area contributed by atoms with Crippen molar-refractivity contribution in [3.63, 3.8) is 0 Å². The van der Waals surface area contributed by atoms with Gasteiger partial charge < -0.3 is 9.88 Å². The first-order valence-electron chi connectivity index (χ1n) is 6.64. The molecule has 1 heterocycles. The fourth-order valence-electron chi connectivity index (χ4n) is 2.22. The molecule has 1 aromatic heterocycles. The van der Waals surface area contributed by atoms with Crippen LogP contribution in [0.4, 0.5) is 0 Å². The summed E-state index contributed by atoms with van der Waals surface area (Å²) in [5.41, 5.74) is 1.34. The van der Waals surface area contributed by atoms with Crippen molar-refractivity contribution in [3.05, 3.63) is 52.5 Å². The molecular formula is C15H20BrN3. The molecule has 0 aliphatic rings. The Balaban J connectivity index is 2.02. The smallest absolute Gasteiger partial charge is 0.110 e. The minimum atomic E-state index is 0.411. The summed E-state index contributed by atoms with van der Waals surface area (Å²) in [5.74, 6) is 1.15. The van der Waals surface area contributed by atoms with Crippen LogP contribution >= 0.6 is 15.9 Å². The predicted octanol–water partition coefficient (Wildman–Crippen LogP) is 3.04. The predicted molar refractivity (Wildman–Crippen MR) is 82.3 cm³/mol. The van der Waals surface area contributed by atoms with Crippen LogP contribution in [0.2, 0.25) is 0 Å². The Bertz CT molecular complexity index is 504. The number of aryl methyl sites for hydroxylation is 1. The number of rotatable bonds is 6. The van der Waals surface area contributed by atoms with Crippen LogP contribution in [0.3, 0.4) is 0 Å². The monoisotopic (exact) mass is 321 g/mol. The standard InChI is InChI=1S/C15H20BrN3/c1-3-19-9-8-18-15(19)11-14(17-2)10-12-4-6-13(16)7-5-12/h4-9,14,17H,3,10-11H2,1-2H3. The number of nitrogens with one attached hydrogen (secondary N) is 1. The van der Waals surface area contributed by atoms with E-state index in [2.05, 4.69) is 62.0 Å². The zero-order valence-electron chi connectivity index (χ0n) is 11.4. The van der Waals surface area contributed by atoms with E-state index in [1.807, 2.05) is 19.4 Å². The molecule has 2 aromatic rings. The van der Waals surface area contributed by atoms with Gasteiger partial charge in [-0.05, 0) is 38.1 Å². The lowest BCUT2D eigenvalue weighted by molar-refractivity contribution is 0.526. The van der Waals surface area contributed by atoms with Gasteiger partial charge in [-0.1, -0.05) is 28.1 Å². The van der Waals surface area contributed by atoms with Gasteiger partial charge in [-0.2, -0.15) is 0 Å². The zero-order valence-corrected chi connectivity index (χ0v) is 13.0. The van der Waals surface area contributed by atoms with E-state index < -0.39 is 0 Å². The maximum absolute atomic E-state index is 4.45. The summed E-state index contributed by atoms with van der Waals surface area (Å²) in [5, 5.41) is 3.39. The number of benzene rings is 1. The molecule has 2 rings (SSSR count). The van der Waals surface area contributed by atoms with Gasteiger partial charge in [0.2, 0.25) is 0 Å². The summed E-state index contributed by atoms with van der Waals surface area (Å²) in [6.07, 6.45) is 5.89. The molecule has 0 aliphatic heterocycles. The van der Waals surface area contributed by atoms with E-state index in [-0.39, 0.29) is 0 Å². The molecule has 102 valence electrons. The highest BCUT2D eigenvalue weighted by Gasteiger charge is 2.11. The maximum atomic E-state index is 4.45. The molecule has 1 unspecified atom stereocenters. The largest absolute Gasteiger partial charge is 0.335 e. The third-order valence-corrected chi connectivity index (χ3v) is 3.90. The van der Waals surface area contributed by atoms with Crippen LogP contribution in [-0.4, -0.2) is 22.6 Å². The van der Waals surface area contributed by atoms with E-state index in [9.17, 15) is 0 Å². The average Bonchev–Trinajstić information content (AvgIpc) is 2.87. The van der Waals surface area contributed by atoms with Crippen molar-refractivity contribution in [2.75, 3.05) is 7.05 Å². The molecule has 0 saturated heterocycles. The van der Waals surface area contributed by atoms with Crippen molar-refractivity contribution >= 4 is 15.9 Å². The Morgan fingerprint density at radius 3 is 2.63 bits per heavy atom. The Kier molecular flexibility index (Phi) is 5.16. The van der Waals surface area contributed by atoms with Crippen molar-refractivity contribution < 1.29 is 0 Å². The molecule has 1 N–H and O–H groups in total. The van der Waals surface area contributed by atoms with Crippen LogP contribution < -0.4 is 5.32 Å². The lowest BCUT2D eigenvalue weighted by Crippen LogP contribution is -2.31. The fourth-order valence-corrected chi connectivity index (χ4v) is 2.48. The van der Waals surface area contributed by atoms with Gasteiger partial charge in [-0.25, -0.2) is 4.98 Å². The molecule has 3 nitrogen and oxygen atoms in total. The molecule has 0 saturated carbocycles. The highest BCUT2D eigenvalue weighted by Crippen LogP contribution is 2.13. The second-order valence-electron chi connectivity index (χ2n) is 4.65. The number of likely N-dealkylation sites (N-methyl/N-ethyl adjacent to an activating group) is 1. The summed E-state index contributed by atoms with van der Waals surface area (Å²) in [6.45, 7) is 3.12. The number of hydrogen-bond donors (Lipinski definition) is 1. The van der Waals surface area contributed by atoms with Gasteiger partial charge in [0.25, 0.3) is 0 Å². The average molecular weight is 322 g/mol. The van der Waals surface area contributed by atoms with E-state index in [0.717, 1.165) is 29.7 Å². The number of hydrogen-bond acceptors (Lipinski definition) is 2. The first kappa shape index (κ1) is 14.3. The Hall–Kier alpha value is -1.13. The summed E-state index contributed by atoms with van der Waals surface area (Å²) < 4.78 is 3.32. The van der Waals surface area contributed by atoms with Crippen molar-refractivity contribution in [2.45, 2.75) is 32.4 Å². The molecule has 19 heavy (non-hydrogen) atoms. The molecule has 0 bridgehead atoms. The maximum Gasteiger partial charge on any atom is 0.110 e. The highest BCUT2D eigenvalue weighted by atomic mass is 79.9. The van der Waals surface area contributed by atoms with Crippen molar-refractivity contribution in [1.29, 1.82) is 0 Å². The number of imidazole rings is 1. The molecular weight excluding hydrogens is 302 g/mol. The zero-order chi connectivity index (χ0) is 13.7. The minimum Gasteiger partial charge on any atom is -0.335 e. The summed E-state index contributed by atoms with van der Waals surface area (Å²) >= 11 is 3.47. The van der Waals surface area contributed by atoms with Gasteiger partial charge >= 0.3 is 0 Å². The van der Waals surface area contributed by atoms with E-state index in [4.69, 9.17) is 0 Å². The summed E-state index contributed by atoms with van der Waals surface area (Å²) in [4.78, 5) is 4.45. The lowest BCUT2D eigenvalue weighted by Gasteiger charge is -2.16. The molecule has 0 fully saturated rings. The molecule has 0 radical (unpaired) electrons. The second-order valence-corrected chi connectivity index (χ2v) is 5.57. The molecule has 1 atom stereocenters. The Labute approximate surface area is 123 Å². The lowest BCUT2D eigenvalue weighted by atomic mass is 10.0. The fraction of sp³-hybridized carbons (Fsp3) is 0.400. The van der Waals surface area contributed by atoms with Crippen LogP contribution in [0.25, 0.3) is 0 Å². The number of halogens is 1. The summed E-state index contributed by atoms with van der Waals surface area (Å²) in [7, 11) is 2.02. The van der Waals surface area contributed by atoms with Crippen LogP contribution in [0, 0.1) is 0 Å². The van der Waals surface area contributed by atoms with E-state index in [0.29, 0.717) is 6.04 Å². The first-order valence-corrected chi connectivity index (χ1v) is 7.44. The molecule has 0 aliphatic carbocycles. The van der Waals surface area contributed by atoms with Crippen LogP contribution in [-0.2, 0) is 19.4 Å². The first-order chi connectivity index (χ1) is 9.22. The van der Waals surface area contributed by atoms with Gasteiger partial charge in [-0.3, -0.25) is 0 Å². The third kappa shape index (κ3) is 3.91. The van der Waals surface area contributed by atoms with Crippen molar-refractivity contribution in [3.8, 4) is 0 Å². The van der Waals surface area contributed by atoms with Gasteiger partial charge in [0.1, 0.15) is 5.82 Å². The SMILES string of the molecule is CCn1ccnc1CC(Cc1ccc(Br)cc1)NC. The van der Waals surface area contributed by atoms with Gasteiger partial charge in [0.15, 0.2) is 0 Å². The van der Waals surface area contributed by atoms with Crippen LogP contribution in [0.15, 0.2) is 41.1 Å². The van der Waals surface area contributed by atoms with Crippen LogP contribution in [0.1, 0.15) is 18.3 Å². The van der Waals surface area contributed by atoms with Gasteiger partial charge in [-0.15, -0.1) is 0 Å². The number of aromatic nitrogens is 2. The molecule has 1 aromatic carbocycles. The Morgan fingerprint density at radius 1 is 1.26 bits per heavy atom. The van der Waals surface area contributed by atoms with E-state index in [1.54, 1.807) is 0 Å². The second kappa shape index (κ2) is 6.87. The van der Waals surface area contributed by atoms with E-state index in [1.165, 1.54) is 5.56 Å². The molecule has 0 spiro atoms. The van der Waals surface area contributed by atoms with Crippen molar-refractivity contribution in [1.82, 2.24) is 14.9 Å². The van der Waals surface area contributed by atoms with Crippen LogP contribution in [0.5, 0.6) is 0 Å². The van der Waals surface area contributed by atoms with E-state index >= 15 is 0 Å².